The second kappa shape index (κ2) is 8.53. The van der Waals surface area contributed by atoms with Gasteiger partial charge in [0.15, 0.2) is 0 Å². The van der Waals surface area contributed by atoms with Crippen LogP contribution in [0.15, 0.2) is 28.2 Å². The standard InChI is InChI=1S/C22H27BrN2O6/c1-21(2,3)31-20(28)25-10-8-24(9-11-25)17-7-6-15(23)12-14(17)13-16-18(26)29-22(4,5)30-19(16)27/h6-7,12-13H,8-11H2,1-5H3. The van der Waals surface area contributed by atoms with Gasteiger partial charge in [-0.25, -0.2) is 14.4 Å². The smallest absolute Gasteiger partial charge is 0.410 e. The predicted octanol–water partition coefficient (Wildman–Crippen LogP) is 3.73. The summed E-state index contributed by atoms with van der Waals surface area (Å²) in [5.41, 5.74) is 0.802. The minimum atomic E-state index is -1.29. The van der Waals surface area contributed by atoms with Crippen molar-refractivity contribution in [1.82, 2.24) is 4.90 Å². The van der Waals surface area contributed by atoms with Crippen molar-refractivity contribution in [3.8, 4) is 0 Å². The first-order valence-electron chi connectivity index (χ1n) is 10.1. The van der Waals surface area contributed by atoms with E-state index < -0.39 is 23.3 Å². The van der Waals surface area contributed by atoms with Crippen molar-refractivity contribution in [1.29, 1.82) is 0 Å². The first-order valence-corrected chi connectivity index (χ1v) is 10.8. The highest BCUT2D eigenvalue weighted by Gasteiger charge is 2.39. The molecule has 0 aliphatic carbocycles. The molecule has 0 unspecified atom stereocenters. The van der Waals surface area contributed by atoms with Crippen molar-refractivity contribution in [2.75, 3.05) is 31.1 Å². The van der Waals surface area contributed by atoms with Gasteiger partial charge in [0.1, 0.15) is 11.2 Å². The highest BCUT2D eigenvalue weighted by atomic mass is 79.9. The summed E-state index contributed by atoms with van der Waals surface area (Å²) < 4.78 is 16.6. The molecular weight excluding hydrogens is 468 g/mol. The zero-order valence-corrected chi connectivity index (χ0v) is 19.9. The van der Waals surface area contributed by atoms with E-state index in [0.717, 1.165) is 10.2 Å². The van der Waals surface area contributed by atoms with Crippen LogP contribution in [0.4, 0.5) is 10.5 Å². The number of halogens is 1. The van der Waals surface area contributed by atoms with Crippen LogP contribution < -0.4 is 4.90 Å². The number of hydrogen-bond acceptors (Lipinski definition) is 7. The fourth-order valence-electron chi connectivity index (χ4n) is 3.32. The molecule has 168 valence electrons. The number of anilines is 1. The largest absolute Gasteiger partial charge is 0.444 e. The first-order chi connectivity index (χ1) is 14.3. The van der Waals surface area contributed by atoms with Crippen LogP contribution in [0.2, 0.25) is 0 Å². The summed E-state index contributed by atoms with van der Waals surface area (Å²) in [6, 6.07) is 5.62. The van der Waals surface area contributed by atoms with Gasteiger partial charge in [-0.2, -0.15) is 0 Å². The quantitative estimate of drug-likeness (QED) is 0.351. The summed E-state index contributed by atoms with van der Waals surface area (Å²) in [5.74, 6) is -2.73. The molecule has 8 nitrogen and oxygen atoms in total. The molecule has 0 aromatic heterocycles. The normalized spacial score (nSPS) is 19.0. The molecule has 2 fully saturated rings. The highest BCUT2D eigenvalue weighted by molar-refractivity contribution is 9.10. The van der Waals surface area contributed by atoms with Crippen molar-refractivity contribution in [2.24, 2.45) is 0 Å². The number of ether oxygens (including phenoxy) is 3. The molecule has 2 saturated heterocycles. The van der Waals surface area contributed by atoms with Gasteiger partial charge in [-0.3, -0.25) is 0 Å². The maximum absolute atomic E-state index is 12.4. The maximum atomic E-state index is 12.4. The minimum Gasteiger partial charge on any atom is -0.444 e. The van der Waals surface area contributed by atoms with Crippen LogP contribution in [0.25, 0.3) is 6.08 Å². The van der Waals surface area contributed by atoms with Crippen molar-refractivity contribution in [3.63, 3.8) is 0 Å². The molecule has 3 rings (SSSR count). The molecule has 1 aromatic rings. The molecule has 9 heteroatoms. The van der Waals surface area contributed by atoms with E-state index in [4.69, 9.17) is 14.2 Å². The van der Waals surface area contributed by atoms with E-state index >= 15 is 0 Å². The van der Waals surface area contributed by atoms with Crippen LogP contribution in [0.5, 0.6) is 0 Å². The molecule has 31 heavy (non-hydrogen) atoms. The van der Waals surface area contributed by atoms with E-state index in [1.165, 1.54) is 19.9 Å². The van der Waals surface area contributed by atoms with E-state index in [0.29, 0.717) is 31.7 Å². The van der Waals surface area contributed by atoms with Gasteiger partial charge >= 0.3 is 18.0 Å². The molecule has 2 heterocycles. The van der Waals surface area contributed by atoms with Crippen LogP contribution in [0, 0.1) is 0 Å². The lowest BCUT2D eigenvalue weighted by atomic mass is 10.1. The third-order valence-corrected chi connectivity index (χ3v) is 5.17. The van der Waals surface area contributed by atoms with Crippen molar-refractivity contribution >= 4 is 45.7 Å². The molecule has 0 bridgehead atoms. The Bertz CT molecular complexity index is 904. The molecule has 1 aromatic carbocycles. The molecule has 0 N–H and O–H groups in total. The number of piperazine rings is 1. The molecule has 0 atom stereocenters. The molecule has 1 amide bonds. The zero-order chi connectivity index (χ0) is 23.0. The van der Waals surface area contributed by atoms with E-state index in [1.807, 2.05) is 39.0 Å². The third-order valence-electron chi connectivity index (χ3n) is 4.68. The first kappa shape index (κ1) is 23.1. The molecule has 2 aliphatic heterocycles. The van der Waals surface area contributed by atoms with Crippen LogP contribution in [-0.2, 0) is 23.8 Å². The lowest BCUT2D eigenvalue weighted by Gasteiger charge is -2.37. The SMILES string of the molecule is CC(C)(C)OC(=O)N1CCN(c2ccc(Br)cc2C=C2C(=O)OC(C)(C)OC2=O)CC1. The number of hydrogen-bond donors (Lipinski definition) is 0. The van der Waals surface area contributed by atoms with Crippen LogP contribution in [0.3, 0.4) is 0 Å². The van der Waals surface area contributed by atoms with Gasteiger partial charge < -0.3 is 24.0 Å². The lowest BCUT2D eigenvalue weighted by Crippen LogP contribution is -2.50. The molecular formula is C22H27BrN2O6. The van der Waals surface area contributed by atoms with Gasteiger partial charge in [0.2, 0.25) is 0 Å². The fraction of sp³-hybridized carbons (Fsp3) is 0.500. The van der Waals surface area contributed by atoms with Gasteiger partial charge in [0, 0.05) is 55.8 Å². The Morgan fingerprint density at radius 1 is 1.10 bits per heavy atom. The summed E-state index contributed by atoms with van der Waals surface area (Å²) in [6.07, 6.45) is 1.15. The van der Waals surface area contributed by atoms with Gasteiger partial charge in [-0.15, -0.1) is 0 Å². The maximum Gasteiger partial charge on any atom is 0.410 e. The van der Waals surface area contributed by atoms with Crippen LogP contribution in [0.1, 0.15) is 40.2 Å². The van der Waals surface area contributed by atoms with Gasteiger partial charge in [-0.05, 0) is 45.0 Å². The molecule has 0 spiro atoms. The number of esters is 2. The minimum absolute atomic E-state index is 0.161. The Morgan fingerprint density at radius 3 is 2.23 bits per heavy atom. The summed E-state index contributed by atoms with van der Waals surface area (Å²) in [7, 11) is 0. The Labute approximate surface area is 190 Å². The summed E-state index contributed by atoms with van der Waals surface area (Å²) >= 11 is 3.44. The summed E-state index contributed by atoms with van der Waals surface area (Å²) in [5, 5.41) is 0. The Hall–Kier alpha value is -2.55. The molecule has 0 saturated carbocycles. The van der Waals surface area contributed by atoms with Crippen molar-refractivity contribution < 1.29 is 28.6 Å². The van der Waals surface area contributed by atoms with Crippen molar-refractivity contribution in [3.05, 3.63) is 33.8 Å². The average molecular weight is 495 g/mol. The van der Waals surface area contributed by atoms with Crippen molar-refractivity contribution in [2.45, 2.75) is 46.0 Å². The van der Waals surface area contributed by atoms with E-state index in [-0.39, 0.29) is 11.7 Å². The fourth-order valence-corrected chi connectivity index (χ4v) is 3.70. The predicted molar refractivity (Wildman–Crippen MR) is 118 cm³/mol. The van der Waals surface area contributed by atoms with Gasteiger partial charge in [0.25, 0.3) is 5.79 Å². The van der Waals surface area contributed by atoms with Crippen LogP contribution >= 0.6 is 15.9 Å². The zero-order valence-electron chi connectivity index (χ0n) is 18.4. The molecule has 2 aliphatic rings. The van der Waals surface area contributed by atoms with Gasteiger partial charge in [-0.1, -0.05) is 15.9 Å². The number of carbonyl (C=O) groups excluding carboxylic acids is 3. The van der Waals surface area contributed by atoms with Gasteiger partial charge in [0.05, 0.1) is 0 Å². The van der Waals surface area contributed by atoms with E-state index in [9.17, 15) is 14.4 Å². The highest BCUT2D eigenvalue weighted by Crippen LogP contribution is 2.30. The number of rotatable bonds is 2. The van der Waals surface area contributed by atoms with E-state index in [1.54, 1.807) is 4.90 Å². The monoisotopic (exact) mass is 494 g/mol. The Morgan fingerprint density at radius 2 is 1.68 bits per heavy atom. The summed E-state index contributed by atoms with van der Waals surface area (Å²) in [4.78, 5) is 40.8. The van der Waals surface area contributed by atoms with E-state index in [2.05, 4.69) is 20.8 Å². The number of amides is 1. The third kappa shape index (κ3) is 5.78. The number of cyclic esters (lactones) is 2. The Kier molecular flexibility index (Phi) is 6.36. The number of carbonyl (C=O) groups is 3. The number of nitrogens with zero attached hydrogens (tertiary/aromatic N) is 2. The molecule has 0 radical (unpaired) electrons. The lowest BCUT2D eigenvalue weighted by molar-refractivity contribution is -0.222. The average Bonchev–Trinajstić information content (AvgIpc) is 2.63. The second-order valence-corrected chi connectivity index (χ2v) is 9.81. The second-order valence-electron chi connectivity index (χ2n) is 8.89. The van der Waals surface area contributed by atoms with Crippen LogP contribution in [-0.4, -0.2) is 60.5 Å². The number of benzene rings is 1. The Balaban J connectivity index is 1.80. The topological polar surface area (TPSA) is 85.4 Å². The summed E-state index contributed by atoms with van der Waals surface area (Å²) in [6.45, 7) is 10.7.